The van der Waals surface area contributed by atoms with E-state index in [4.69, 9.17) is 0 Å². The number of hydrogen-bond donors (Lipinski definition) is 1. The molecule has 1 aromatic heterocycles. The minimum atomic E-state index is 0.0155. The van der Waals surface area contributed by atoms with Crippen molar-refractivity contribution in [3.05, 3.63) is 65.5 Å². The molecule has 0 aliphatic carbocycles. The lowest BCUT2D eigenvalue weighted by atomic mass is 10.0. The van der Waals surface area contributed by atoms with Gasteiger partial charge in [0.25, 0.3) is 0 Å². The SMILES string of the molecule is C=Cc1[nH]cc(C(=O)c2cccc(P)c2)c1/C=C\C. The molecule has 3 heteroatoms. The summed E-state index contributed by atoms with van der Waals surface area (Å²) in [5.41, 5.74) is 3.11. The molecule has 0 amide bonds. The van der Waals surface area contributed by atoms with Gasteiger partial charge in [-0.3, -0.25) is 4.79 Å². The fourth-order valence-electron chi connectivity index (χ4n) is 1.99. The number of hydrogen-bond acceptors (Lipinski definition) is 1. The maximum Gasteiger partial charge on any atom is 0.195 e. The first-order chi connectivity index (χ1) is 9.17. The molecule has 0 bridgehead atoms. The predicted octanol–water partition coefficient (Wildman–Crippen LogP) is 3.42. The Bertz CT molecular complexity index is 653. The van der Waals surface area contributed by atoms with E-state index >= 15 is 0 Å². The van der Waals surface area contributed by atoms with Crippen molar-refractivity contribution in [1.82, 2.24) is 4.98 Å². The highest BCUT2D eigenvalue weighted by Crippen LogP contribution is 2.20. The van der Waals surface area contributed by atoms with Gasteiger partial charge in [-0.2, -0.15) is 0 Å². The number of nitrogens with one attached hydrogen (secondary N) is 1. The summed E-state index contributed by atoms with van der Waals surface area (Å²) in [5, 5.41) is 0.998. The molecule has 2 rings (SSSR count). The monoisotopic (exact) mass is 269 g/mol. The Balaban J connectivity index is 2.50. The maximum atomic E-state index is 12.5. The molecule has 2 aromatic rings. The van der Waals surface area contributed by atoms with Crippen LogP contribution in [-0.2, 0) is 0 Å². The fraction of sp³-hybridized carbons (Fsp3) is 0.0625. The molecule has 1 aromatic carbocycles. The van der Waals surface area contributed by atoms with E-state index in [-0.39, 0.29) is 5.78 Å². The molecule has 96 valence electrons. The molecule has 1 heterocycles. The minimum absolute atomic E-state index is 0.0155. The van der Waals surface area contributed by atoms with E-state index in [0.29, 0.717) is 11.1 Å². The fourth-order valence-corrected chi connectivity index (χ4v) is 2.28. The van der Waals surface area contributed by atoms with Crippen LogP contribution in [0.1, 0.15) is 34.1 Å². The molecule has 19 heavy (non-hydrogen) atoms. The van der Waals surface area contributed by atoms with Crippen molar-refractivity contribution in [1.29, 1.82) is 0 Å². The standard InChI is InChI=1S/C16H16NOP/c1-3-6-13-14(10-17-15(13)4-2)16(18)11-7-5-8-12(19)9-11/h3-10,17H,2,19H2,1H3/b6-3-. The van der Waals surface area contributed by atoms with E-state index < -0.39 is 0 Å². The first-order valence-corrected chi connectivity index (χ1v) is 6.62. The van der Waals surface area contributed by atoms with Crippen LogP contribution in [0.15, 0.2) is 43.1 Å². The molecule has 0 saturated carbocycles. The quantitative estimate of drug-likeness (QED) is 0.669. The van der Waals surface area contributed by atoms with Crippen molar-refractivity contribution in [3.63, 3.8) is 0 Å². The second kappa shape index (κ2) is 5.81. The molecule has 0 fully saturated rings. The highest BCUT2D eigenvalue weighted by atomic mass is 31.0. The summed E-state index contributed by atoms with van der Waals surface area (Å²) in [6, 6.07) is 7.52. The van der Waals surface area contributed by atoms with Gasteiger partial charge in [0.05, 0.1) is 0 Å². The van der Waals surface area contributed by atoms with Crippen LogP contribution in [0.5, 0.6) is 0 Å². The number of benzene rings is 1. The summed E-state index contributed by atoms with van der Waals surface area (Å²) in [6.45, 7) is 5.68. The minimum Gasteiger partial charge on any atom is -0.360 e. The topological polar surface area (TPSA) is 32.9 Å². The number of H-pyrrole nitrogens is 1. The van der Waals surface area contributed by atoms with E-state index in [9.17, 15) is 4.79 Å². The first-order valence-electron chi connectivity index (χ1n) is 6.04. The molecule has 0 spiro atoms. The van der Waals surface area contributed by atoms with Crippen molar-refractivity contribution in [2.24, 2.45) is 0 Å². The Kier molecular flexibility index (Phi) is 4.13. The average Bonchev–Trinajstić information content (AvgIpc) is 2.81. The maximum absolute atomic E-state index is 12.5. The van der Waals surface area contributed by atoms with Crippen molar-refractivity contribution in [2.45, 2.75) is 6.92 Å². The van der Waals surface area contributed by atoms with Crippen LogP contribution < -0.4 is 5.30 Å². The molecule has 1 unspecified atom stereocenters. The van der Waals surface area contributed by atoms with Crippen LogP contribution >= 0.6 is 9.24 Å². The van der Waals surface area contributed by atoms with Gasteiger partial charge in [0.1, 0.15) is 0 Å². The van der Waals surface area contributed by atoms with Crippen LogP contribution in [0.2, 0.25) is 0 Å². The zero-order valence-corrected chi connectivity index (χ0v) is 12.0. The number of aromatic nitrogens is 1. The Morgan fingerprint density at radius 1 is 1.42 bits per heavy atom. The van der Waals surface area contributed by atoms with Gasteiger partial charge >= 0.3 is 0 Å². The molecule has 0 aliphatic heterocycles. The van der Waals surface area contributed by atoms with E-state index in [0.717, 1.165) is 16.6 Å². The first kappa shape index (κ1) is 13.5. The normalized spacial score (nSPS) is 10.8. The van der Waals surface area contributed by atoms with Crippen LogP contribution in [-0.4, -0.2) is 10.8 Å². The lowest BCUT2D eigenvalue weighted by Gasteiger charge is -2.02. The lowest BCUT2D eigenvalue weighted by molar-refractivity contribution is 0.103. The highest BCUT2D eigenvalue weighted by molar-refractivity contribution is 7.27. The Morgan fingerprint density at radius 3 is 2.84 bits per heavy atom. The van der Waals surface area contributed by atoms with Gasteiger partial charge in [-0.25, -0.2) is 0 Å². The van der Waals surface area contributed by atoms with Crippen LogP contribution in [0.3, 0.4) is 0 Å². The number of carbonyl (C=O) groups is 1. The number of carbonyl (C=O) groups excluding carboxylic acids is 1. The van der Waals surface area contributed by atoms with Gasteiger partial charge in [0, 0.05) is 28.6 Å². The summed E-state index contributed by atoms with van der Waals surface area (Å²) in [6.07, 6.45) is 7.30. The molecule has 1 N–H and O–H groups in total. The summed E-state index contributed by atoms with van der Waals surface area (Å²) < 4.78 is 0. The molecule has 2 nitrogen and oxygen atoms in total. The van der Waals surface area contributed by atoms with Gasteiger partial charge in [0.15, 0.2) is 5.78 Å². The largest absolute Gasteiger partial charge is 0.360 e. The van der Waals surface area contributed by atoms with Crippen molar-refractivity contribution in [2.75, 3.05) is 0 Å². The summed E-state index contributed by atoms with van der Waals surface area (Å²) in [4.78, 5) is 15.6. The Labute approximate surface area is 115 Å². The second-order valence-corrected chi connectivity index (χ2v) is 4.86. The molecule has 0 aliphatic rings. The van der Waals surface area contributed by atoms with Gasteiger partial charge in [0.2, 0.25) is 0 Å². The average molecular weight is 269 g/mol. The molecule has 0 radical (unpaired) electrons. The van der Waals surface area contributed by atoms with Crippen molar-refractivity contribution < 1.29 is 4.79 Å². The molecule has 0 saturated heterocycles. The summed E-state index contributed by atoms with van der Waals surface area (Å²) in [5.74, 6) is 0.0155. The summed E-state index contributed by atoms with van der Waals surface area (Å²) >= 11 is 0. The third kappa shape index (κ3) is 2.74. The predicted molar refractivity (Wildman–Crippen MR) is 84.8 cm³/mol. The Morgan fingerprint density at radius 2 is 2.21 bits per heavy atom. The lowest BCUT2D eigenvalue weighted by Crippen LogP contribution is -2.04. The summed E-state index contributed by atoms with van der Waals surface area (Å²) in [7, 11) is 2.60. The van der Waals surface area contributed by atoms with Gasteiger partial charge < -0.3 is 4.98 Å². The number of allylic oxidation sites excluding steroid dienone is 1. The van der Waals surface area contributed by atoms with Crippen molar-refractivity contribution >= 4 is 32.5 Å². The van der Waals surface area contributed by atoms with E-state index in [1.807, 2.05) is 43.3 Å². The third-order valence-corrected chi connectivity index (χ3v) is 3.24. The van der Waals surface area contributed by atoms with E-state index in [1.165, 1.54) is 0 Å². The number of ketones is 1. The van der Waals surface area contributed by atoms with Gasteiger partial charge in [-0.15, -0.1) is 9.24 Å². The van der Waals surface area contributed by atoms with Crippen molar-refractivity contribution in [3.8, 4) is 0 Å². The smallest absolute Gasteiger partial charge is 0.195 e. The highest BCUT2D eigenvalue weighted by Gasteiger charge is 2.15. The molecule has 1 atom stereocenters. The third-order valence-electron chi connectivity index (χ3n) is 2.88. The van der Waals surface area contributed by atoms with E-state index in [1.54, 1.807) is 12.3 Å². The zero-order valence-electron chi connectivity index (χ0n) is 10.8. The second-order valence-electron chi connectivity index (χ2n) is 4.19. The van der Waals surface area contributed by atoms with Gasteiger partial charge in [-0.05, 0) is 24.4 Å². The van der Waals surface area contributed by atoms with Crippen LogP contribution in [0, 0.1) is 0 Å². The molecular weight excluding hydrogens is 253 g/mol. The number of aromatic amines is 1. The van der Waals surface area contributed by atoms with Gasteiger partial charge in [-0.1, -0.05) is 36.9 Å². The molecular formula is C16H16NOP. The zero-order chi connectivity index (χ0) is 13.8. The Hall–Kier alpha value is -1.92. The number of rotatable bonds is 4. The van der Waals surface area contributed by atoms with E-state index in [2.05, 4.69) is 20.8 Å². The van der Waals surface area contributed by atoms with Crippen LogP contribution in [0.4, 0.5) is 0 Å². The van der Waals surface area contributed by atoms with Crippen LogP contribution in [0.25, 0.3) is 12.2 Å².